The molecule has 1 aromatic heterocycles. The Hall–Kier alpha value is -1.36. The van der Waals surface area contributed by atoms with E-state index in [0.29, 0.717) is 19.0 Å². The number of para-hydroxylation sites is 1. The van der Waals surface area contributed by atoms with Crippen LogP contribution in [0.4, 0.5) is 0 Å². The fraction of sp³-hybridized carbons (Fsp3) is 0.690. The quantitative estimate of drug-likeness (QED) is 0.201. The van der Waals surface area contributed by atoms with Crippen molar-refractivity contribution in [3.05, 3.63) is 35.9 Å². The van der Waals surface area contributed by atoms with Crippen LogP contribution in [-0.4, -0.2) is 41.2 Å². The maximum atomic E-state index is 11.3. The van der Waals surface area contributed by atoms with Crippen molar-refractivity contribution < 1.29 is 9.84 Å². The van der Waals surface area contributed by atoms with E-state index in [-0.39, 0.29) is 12.4 Å². The molecule has 0 aliphatic heterocycles. The van der Waals surface area contributed by atoms with E-state index in [2.05, 4.69) is 29.8 Å². The molecule has 0 fully saturated rings. The lowest BCUT2D eigenvalue weighted by Crippen LogP contribution is -2.31. The lowest BCUT2D eigenvalue weighted by molar-refractivity contribution is 0.111. The predicted molar refractivity (Wildman–Crippen MR) is 148 cm³/mol. The average molecular weight is 493 g/mol. The molecule has 1 N–H and O–H groups in total. The molecule has 0 amide bonds. The molecule has 0 bridgehead atoms. The molecule has 0 aliphatic carbocycles. The second-order valence-corrected chi connectivity index (χ2v) is 9.35. The zero-order valence-electron chi connectivity index (χ0n) is 21.9. The van der Waals surface area contributed by atoms with Crippen LogP contribution in [0.5, 0.6) is 5.88 Å². The van der Waals surface area contributed by atoms with Crippen LogP contribution < -0.4 is 4.74 Å². The molecular formula is C29H49ClN2O2. The summed E-state index contributed by atoms with van der Waals surface area (Å²) in [7, 11) is 0. The molecule has 1 unspecified atom stereocenters. The summed E-state index contributed by atoms with van der Waals surface area (Å²) in [4.78, 5) is 7.10. The monoisotopic (exact) mass is 492 g/mol. The van der Waals surface area contributed by atoms with Gasteiger partial charge in [-0.15, -0.1) is 12.4 Å². The van der Waals surface area contributed by atoms with Gasteiger partial charge in [-0.3, -0.25) is 0 Å². The zero-order valence-corrected chi connectivity index (χ0v) is 22.8. The van der Waals surface area contributed by atoms with E-state index >= 15 is 0 Å². The van der Waals surface area contributed by atoms with Crippen molar-refractivity contribution in [2.75, 3.05) is 26.2 Å². The number of unbranched alkanes of at least 4 members (excludes halogenated alkanes) is 10. The van der Waals surface area contributed by atoms with Crippen molar-refractivity contribution in [3.8, 4) is 5.88 Å². The Bertz CT molecular complexity index is 755. The summed E-state index contributed by atoms with van der Waals surface area (Å²) in [5, 5.41) is 12.3. The topological polar surface area (TPSA) is 45.6 Å². The SMILES string of the molecule is CCCCCCCCN(CCCCCCCC)CC(O)c1cc(OCC)nc2ccccc12.Cl. The molecule has 1 heterocycles. The van der Waals surface area contributed by atoms with Crippen LogP contribution in [-0.2, 0) is 0 Å². The third-order valence-corrected chi connectivity index (χ3v) is 6.46. The summed E-state index contributed by atoms with van der Waals surface area (Å²) in [5.74, 6) is 0.601. The number of nitrogens with zero attached hydrogens (tertiary/aromatic N) is 2. The number of rotatable bonds is 19. The van der Waals surface area contributed by atoms with Crippen LogP contribution in [0.3, 0.4) is 0 Å². The van der Waals surface area contributed by atoms with Crippen LogP contribution in [0.25, 0.3) is 10.9 Å². The van der Waals surface area contributed by atoms with Crippen LogP contribution in [0.1, 0.15) is 109 Å². The highest BCUT2D eigenvalue weighted by molar-refractivity contribution is 5.85. The van der Waals surface area contributed by atoms with E-state index in [9.17, 15) is 5.11 Å². The Balaban J connectivity index is 0.00000578. The summed E-state index contributed by atoms with van der Waals surface area (Å²) in [6, 6.07) is 10.0. The third-order valence-electron chi connectivity index (χ3n) is 6.46. The smallest absolute Gasteiger partial charge is 0.214 e. The molecule has 0 radical (unpaired) electrons. The normalized spacial score (nSPS) is 12.1. The lowest BCUT2D eigenvalue weighted by Gasteiger charge is -2.26. The van der Waals surface area contributed by atoms with Crippen molar-refractivity contribution in [1.29, 1.82) is 0 Å². The number of halogens is 1. The van der Waals surface area contributed by atoms with Crippen molar-refractivity contribution in [1.82, 2.24) is 9.88 Å². The second kappa shape index (κ2) is 18.9. The van der Waals surface area contributed by atoms with E-state index in [4.69, 9.17) is 4.74 Å². The fourth-order valence-corrected chi connectivity index (χ4v) is 4.54. The standard InChI is InChI=1S/C29H48N2O2.ClH/c1-4-7-9-11-13-17-21-31(22-18-14-12-10-8-5-2)24-28(32)26-23-29(33-6-3)30-27-20-16-15-19-25(26)27;/h15-16,19-20,23,28,32H,4-14,17-18,21-22,24H2,1-3H3;1H. The molecule has 0 saturated heterocycles. The molecule has 5 heteroatoms. The number of hydrogen-bond acceptors (Lipinski definition) is 4. The van der Waals surface area contributed by atoms with Crippen LogP contribution >= 0.6 is 12.4 Å². The first-order chi connectivity index (χ1) is 16.2. The summed E-state index contributed by atoms with van der Waals surface area (Å²) >= 11 is 0. The Morgan fingerprint density at radius 2 is 1.38 bits per heavy atom. The van der Waals surface area contributed by atoms with Crippen molar-refractivity contribution in [3.63, 3.8) is 0 Å². The number of aliphatic hydroxyl groups excluding tert-OH is 1. The second-order valence-electron chi connectivity index (χ2n) is 9.35. The van der Waals surface area contributed by atoms with Crippen LogP contribution in [0, 0.1) is 0 Å². The molecule has 34 heavy (non-hydrogen) atoms. The lowest BCUT2D eigenvalue weighted by atomic mass is 10.0. The van der Waals surface area contributed by atoms with Gasteiger partial charge in [0.1, 0.15) is 0 Å². The third kappa shape index (κ3) is 11.4. The van der Waals surface area contributed by atoms with Gasteiger partial charge in [0.2, 0.25) is 5.88 Å². The first-order valence-corrected chi connectivity index (χ1v) is 13.6. The molecule has 4 nitrogen and oxygen atoms in total. The first kappa shape index (κ1) is 30.7. The van der Waals surface area contributed by atoms with Gasteiger partial charge in [0, 0.05) is 18.0 Å². The summed E-state index contributed by atoms with van der Waals surface area (Å²) in [6.07, 6.45) is 15.1. The summed E-state index contributed by atoms with van der Waals surface area (Å²) in [6.45, 7) is 9.88. The van der Waals surface area contributed by atoms with E-state index in [0.717, 1.165) is 29.6 Å². The molecule has 194 valence electrons. The van der Waals surface area contributed by atoms with Gasteiger partial charge < -0.3 is 14.7 Å². The fourth-order valence-electron chi connectivity index (χ4n) is 4.54. The number of aromatic nitrogens is 1. The largest absolute Gasteiger partial charge is 0.478 e. The van der Waals surface area contributed by atoms with E-state index in [1.54, 1.807) is 0 Å². The number of hydrogen-bond donors (Lipinski definition) is 1. The number of benzene rings is 1. The van der Waals surface area contributed by atoms with E-state index in [1.807, 2.05) is 31.2 Å². The maximum Gasteiger partial charge on any atom is 0.214 e. The minimum Gasteiger partial charge on any atom is -0.478 e. The summed E-state index contributed by atoms with van der Waals surface area (Å²) < 4.78 is 5.70. The van der Waals surface area contributed by atoms with E-state index < -0.39 is 6.10 Å². The highest BCUT2D eigenvalue weighted by Gasteiger charge is 2.18. The number of pyridine rings is 1. The minimum absolute atomic E-state index is 0. The van der Waals surface area contributed by atoms with Gasteiger partial charge in [-0.05, 0) is 44.5 Å². The Morgan fingerprint density at radius 3 is 1.97 bits per heavy atom. The van der Waals surface area contributed by atoms with Gasteiger partial charge in [0.05, 0.1) is 18.2 Å². The Kier molecular flexibility index (Phi) is 17.1. The zero-order chi connectivity index (χ0) is 23.7. The molecule has 0 aliphatic rings. The predicted octanol–water partition coefficient (Wildman–Crippen LogP) is 8.11. The van der Waals surface area contributed by atoms with E-state index in [1.165, 1.54) is 77.0 Å². The van der Waals surface area contributed by atoms with Crippen molar-refractivity contribution in [2.45, 2.75) is 104 Å². The van der Waals surface area contributed by atoms with Gasteiger partial charge in [0.15, 0.2) is 0 Å². The molecule has 0 spiro atoms. The molecule has 1 aromatic carbocycles. The average Bonchev–Trinajstić information content (AvgIpc) is 2.82. The number of aliphatic hydroxyl groups is 1. The van der Waals surface area contributed by atoms with Gasteiger partial charge in [-0.1, -0.05) is 96.3 Å². The molecular weight excluding hydrogens is 444 g/mol. The first-order valence-electron chi connectivity index (χ1n) is 13.6. The van der Waals surface area contributed by atoms with Crippen molar-refractivity contribution in [2.24, 2.45) is 0 Å². The van der Waals surface area contributed by atoms with Crippen molar-refractivity contribution >= 4 is 23.3 Å². The van der Waals surface area contributed by atoms with Crippen LogP contribution in [0.15, 0.2) is 30.3 Å². The Labute approximate surface area is 214 Å². The molecule has 0 saturated carbocycles. The number of fused-ring (bicyclic) bond motifs is 1. The van der Waals surface area contributed by atoms with Crippen LogP contribution in [0.2, 0.25) is 0 Å². The highest BCUT2D eigenvalue weighted by Crippen LogP contribution is 2.28. The van der Waals surface area contributed by atoms with Gasteiger partial charge >= 0.3 is 0 Å². The number of ether oxygens (including phenoxy) is 1. The highest BCUT2D eigenvalue weighted by atomic mass is 35.5. The van der Waals surface area contributed by atoms with Gasteiger partial charge in [0.25, 0.3) is 0 Å². The minimum atomic E-state index is -0.544. The molecule has 2 aromatic rings. The molecule has 1 atom stereocenters. The Morgan fingerprint density at radius 1 is 0.824 bits per heavy atom. The maximum absolute atomic E-state index is 11.3. The van der Waals surface area contributed by atoms with Gasteiger partial charge in [-0.25, -0.2) is 4.98 Å². The molecule has 2 rings (SSSR count). The van der Waals surface area contributed by atoms with Gasteiger partial charge in [-0.2, -0.15) is 0 Å². The summed E-state index contributed by atoms with van der Waals surface area (Å²) in [5.41, 5.74) is 1.82.